The first-order valence-electron chi connectivity index (χ1n) is 6.76. The molecule has 0 radical (unpaired) electrons. The van der Waals surface area contributed by atoms with Crippen LogP contribution < -0.4 is 4.90 Å². The summed E-state index contributed by atoms with van der Waals surface area (Å²) in [7, 11) is 0. The molecule has 1 aromatic carbocycles. The Labute approximate surface area is 128 Å². The summed E-state index contributed by atoms with van der Waals surface area (Å²) >= 11 is 0. The van der Waals surface area contributed by atoms with Crippen molar-refractivity contribution in [2.24, 2.45) is 0 Å². The zero-order valence-corrected chi connectivity index (χ0v) is 12.0. The van der Waals surface area contributed by atoms with E-state index in [9.17, 15) is 23.3 Å². The number of benzene rings is 1. The molecule has 0 unspecified atom stereocenters. The zero-order chi connectivity index (χ0) is 16.8. The fourth-order valence-electron chi connectivity index (χ4n) is 2.68. The molecule has 0 spiro atoms. The van der Waals surface area contributed by atoms with Crippen LogP contribution in [0.25, 0.3) is 0 Å². The molecule has 2 aromatic rings. The summed E-state index contributed by atoms with van der Waals surface area (Å²) in [6, 6.07) is 4.42. The van der Waals surface area contributed by atoms with Gasteiger partial charge >= 0.3 is 6.18 Å². The van der Waals surface area contributed by atoms with E-state index in [4.69, 9.17) is 0 Å². The molecule has 0 bridgehead atoms. The number of rotatable bonds is 2. The molecule has 0 N–H and O–H groups in total. The largest absolute Gasteiger partial charge is 0.451 e. The third kappa shape index (κ3) is 2.71. The van der Waals surface area contributed by atoms with Gasteiger partial charge in [0, 0.05) is 30.9 Å². The molecule has 10 heteroatoms. The average Bonchev–Trinajstić information content (AvgIpc) is 2.89. The number of aromatic nitrogens is 3. The summed E-state index contributed by atoms with van der Waals surface area (Å²) in [5, 5.41) is 17.6. The van der Waals surface area contributed by atoms with Crippen LogP contribution in [0.1, 0.15) is 17.2 Å². The molecule has 2 heterocycles. The number of hydrogen-bond acceptors (Lipinski definition) is 5. The number of hydrogen-bond donors (Lipinski definition) is 0. The van der Waals surface area contributed by atoms with Gasteiger partial charge in [-0.05, 0) is 18.6 Å². The monoisotopic (exact) mass is 327 g/mol. The van der Waals surface area contributed by atoms with Crippen LogP contribution in [0.3, 0.4) is 0 Å². The average molecular weight is 327 g/mol. The minimum atomic E-state index is -4.53. The Morgan fingerprint density at radius 2 is 2.00 bits per heavy atom. The number of non-ortho nitro benzene ring substituents is 1. The van der Waals surface area contributed by atoms with Gasteiger partial charge in [0.25, 0.3) is 5.69 Å². The fourth-order valence-corrected chi connectivity index (χ4v) is 2.68. The van der Waals surface area contributed by atoms with Crippen molar-refractivity contribution in [1.29, 1.82) is 0 Å². The lowest BCUT2D eigenvalue weighted by molar-refractivity contribution is -0.384. The highest BCUT2D eigenvalue weighted by Crippen LogP contribution is 2.31. The Morgan fingerprint density at radius 1 is 1.26 bits per heavy atom. The molecule has 0 saturated heterocycles. The van der Waals surface area contributed by atoms with Crippen molar-refractivity contribution in [3.8, 4) is 0 Å². The Kier molecular flexibility index (Phi) is 3.46. The molecule has 122 valence electrons. The molecule has 0 saturated carbocycles. The topological polar surface area (TPSA) is 77.1 Å². The van der Waals surface area contributed by atoms with Gasteiger partial charge in [-0.25, -0.2) is 0 Å². The smallest absolute Gasteiger partial charge is 0.362 e. The van der Waals surface area contributed by atoms with Crippen LogP contribution in [0.5, 0.6) is 0 Å². The molecule has 23 heavy (non-hydrogen) atoms. The lowest BCUT2D eigenvalue weighted by atomic mass is 10.1. The van der Waals surface area contributed by atoms with Crippen molar-refractivity contribution in [3.63, 3.8) is 0 Å². The van der Waals surface area contributed by atoms with Crippen molar-refractivity contribution >= 4 is 11.4 Å². The van der Waals surface area contributed by atoms with Crippen molar-refractivity contribution in [3.05, 3.63) is 45.5 Å². The van der Waals surface area contributed by atoms with Gasteiger partial charge in [-0.2, -0.15) is 13.2 Å². The van der Waals surface area contributed by atoms with Crippen molar-refractivity contribution in [1.82, 2.24) is 14.8 Å². The highest BCUT2D eigenvalue weighted by molar-refractivity contribution is 5.57. The Morgan fingerprint density at radius 3 is 2.61 bits per heavy atom. The molecular weight excluding hydrogens is 315 g/mol. The number of halogens is 3. The summed E-state index contributed by atoms with van der Waals surface area (Å²) in [4.78, 5) is 12.1. The third-order valence-corrected chi connectivity index (χ3v) is 3.74. The minimum absolute atomic E-state index is 0.0224. The standard InChI is InChI=1S/C13H12F3N5O2/c1-8-6-9(21(22)23)2-3-10(8)19-4-5-20-11(7-19)17-18-12(20)13(14,15)16/h2-3,6H,4-5,7H2,1H3. The van der Waals surface area contributed by atoms with Gasteiger partial charge in [-0.3, -0.25) is 10.1 Å². The molecule has 0 atom stereocenters. The summed E-state index contributed by atoms with van der Waals surface area (Å²) < 4.78 is 39.5. The zero-order valence-electron chi connectivity index (χ0n) is 12.0. The Bertz CT molecular complexity index is 771. The summed E-state index contributed by atoms with van der Waals surface area (Å²) in [6.07, 6.45) is -4.53. The number of alkyl halides is 3. The second kappa shape index (κ2) is 5.21. The molecule has 1 aromatic heterocycles. The number of nitro benzene ring substituents is 1. The summed E-state index contributed by atoms with van der Waals surface area (Å²) in [5.74, 6) is -0.770. The van der Waals surface area contributed by atoms with Crippen molar-refractivity contribution < 1.29 is 18.1 Å². The van der Waals surface area contributed by atoms with E-state index in [1.165, 1.54) is 12.1 Å². The number of anilines is 1. The first-order chi connectivity index (χ1) is 10.8. The van der Waals surface area contributed by atoms with E-state index in [0.717, 1.165) is 10.3 Å². The fraction of sp³-hybridized carbons (Fsp3) is 0.385. The summed E-state index contributed by atoms with van der Waals surface area (Å²) in [5.41, 5.74) is 1.40. The molecule has 0 aliphatic carbocycles. The van der Waals surface area contributed by atoms with Crippen LogP contribution in [-0.4, -0.2) is 26.2 Å². The highest BCUT2D eigenvalue weighted by Gasteiger charge is 2.39. The first-order valence-corrected chi connectivity index (χ1v) is 6.76. The molecule has 7 nitrogen and oxygen atoms in total. The maximum Gasteiger partial charge on any atom is 0.451 e. The van der Waals surface area contributed by atoms with Gasteiger partial charge in [0.2, 0.25) is 5.82 Å². The van der Waals surface area contributed by atoms with Gasteiger partial charge in [-0.1, -0.05) is 0 Å². The van der Waals surface area contributed by atoms with E-state index in [0.29, 0.717) is 12.1 Å². The van der Waals surface area contributed by atoms with E-state index >= 15 is 0 Å². The van der Waals surface area contributed by atoms with Gasteiger partial charge < -0.3 is 9.47 Å². The quantitative estimate of drug-likeness (QED) is 0.626. The number of nitro groups is 1. The lowest BCUT2D eigenvalue weighted by Gasteiger charge is -2.30. The second-order valence-corrected chi connectivity index (χ2v) is 5.24. The highest BCUT2D eigenvalue weighted by atomic mass is 19.4. The first kappa shape index (κ1) is 15.3. The van der Waals surface area contributed by atoms with E-state index in [2.05, 4.69) is 10.2 Å². The minimum Gasteiger partial charge on any atom is -0.362 e. The molecular formula is C13H12F3N5O2. The van der Waals surface area contributed by atoms with E-state index in [1.54, 1.807) is 13.0 Å². The molecule has 3 rings (SSSR count). The molecule has 1 aliphatic heterocycles. The van der Waals surface area contributed by atoms with Crippen LogP contribution in [0, 0.1) is 17.0 Å². The van der Waals surface area contributed by atoms with Crippen molar-refractivity contribution in [2.45, 2.75) is 26.2 Å². The van der Waals surface area contributed by atoms with Crippen LogP contribution in [0.4, 0.5) is 24.5 Å². The van der Waals surface area contributed by atoms with Gasteiger partial charge in [0.15, 0.2) is 5.82 Å². The maximum atomic E-state index is 12.8. The Hall–Kier alpha value is -2.65. The predicted octanol–water partition coefficient (Wildman–Crippen LogP) is 2.53. The van der Waals surface area contributed by atoms with Crippen LogP contribution in [0.15, 0.2) is 18.2 Å². The van der Waals surface area contributed by atoms with E-state index in [-0.39, 0.29) is 24.6 Å². The maximum absolute atomic E-state index is 12.8. The van der Waals surface area contributed by atoms with Gasteiger partial charge in [-0.15, -0.1) is 10.2 Å². The lowest BCUT2D eigenvalue weighted by Crippen LogP contribution is -2.35. The molecule has 0 fully saturated rings. The van der Waals surface area contributed by atoms with E-state index < -0.39 is 16.9 Å². The van der Waals surface area contributed by atoms with Crippen LogP contribution in [0.2, 0.25) is 0 Å². The van der Waals surface area contributed by atoms with Crippen LogP contribution >= 0.6 is 0 Å². The van der Waals surface area contributed by atoms with Gasteiger partial charge in [0.1, 0.15) is 0 Å². The summed E-state index contributed by atoms with van der Waals surface area (Å²) in [6.45, 7) is 2.34. The molecule has 0 amide bonds. The van der Waals surface area contributed by atoms with Crippen molar-refractivity contribution in [2.75, 3.05) is 11.4 Å². The van der Waals surface area contributed by atoms with E-state index in [1.807, 2.05) is 4.90 Å². The molecule has 1 aliphatic rings. The van der Waals surface area contributed by atoms with Crippen LogP contribution in [-0.2, 0) is 19.3 Å². The SMILES string of the molecule is Cc1cc([N+](=O)[O-])ccc1N1CCn2c(nnc2C(F)(F)F)C1. The van der Waals surface area contributed by atoms with Gasteiger partial charge in [0.05, 0.1) is 11.5 Å². The number of aryl methyl sites for hydroxylation is 1. The normalized spacial score (nSPS) is 14.7. The predicted molar refractivity (Wildman–Crippen MR) is 73.9 cm³/mol. The third-order valence-electron chi connectivity index (χ3n) is 3.74. The Balaban J connectivity index is 1.88. The number of nitrogens with zero attached hydrogens (tertiary/aromatic N) is 5. The number of fused-ring (bicyclic) bond motifs is 1. The second-order valence-electron chi connectivity index (χ2n) is 5.24.